The van der Waals surface area contributed by atoms with Crippen molar-refractivity contribution in [2.75, 3.05) is 0 Å². The number of ether oxygens (including phenoxy) is 1. The van der Waals surface area contributed by atoms with E-state index in [1.54, 1.807) is 6.08 Å². The number of allylic oxidation sites excluding steroid dienone is 3. The molecule has 80 valence electrons. The molecule has 0 atom stereocenters. The van der Waals surface area contributed by atoms with Crippen molar-refractivity contribution in [3.8, 4) is 0 Å². The molecule has 0 spiro atoms. The summed E-state index contributed by atoms with van der Waals surface area (Å²) in [6, 6.07) is 0. The molecular weight excluding hydrogens is 176 g/mol. The predicted molar refractivity (Wildman–Crippen MR) is 60.8 cm³/mol. The first kappa shape index (κ1) is 15.2. The van der Waals surface area contributed by atoms with Gasteiger partial charge in [-0.1, -0.05) is 32.6 Å². The van der Waals surface area contributed by atoms with Crippen LogP contribution in [0.2, 0.25) is 0 Å². The third kappa shape index (κ3) is 22.4. The molecular formula is C12H20O2. The van der Waals surface area contributed by atoms with Gasteiger partial charge in [-0.3, -0.25) is 4.79 Å². The Morgan fingerprint density at radius 3 is 2.21 bits per heavy atom. The highest BCUT2D eigenvalue weighted by molar-refractivity contribution is 5.66. The van der Waals surface area contributed by atoms with Crippen LogP contribution in [0.25, 0.3) is 0 Å². The van der Waals surface area contributed by atoms with Crippen LogP contribution in [0, 0.1) is 5.92 Å². The maximum Gasteiger partial charge on any atom is 0.307 e. The smallest absolute Gasteiger partial charge is 0.307 e. The van der Waals surface area contributed by atoms with Gasteiger partial charge in [0.05, 0.1) is 6.26 Å². The summed E-state index contributed by atoms with van der Waals surface area (Å²) in [4.78, 5) is 10.0. The fourth-order valence-electron chi connectivity index (χ4n) is 0.524. The molecule has 0 aliphatic rings. The minimum atomic E-state index is -0.317. The van der Waals surface area contributed by atoms with Gasteiger partial charge in [0.25, 0.3) is 0 Å². The molecule has 0 heterocycles. The third-order valence-electron chi connectivity index (χ3n) is 1.09. The highest BCUT2D eigenvalue weighted by Crippen LogP contribution is 1.96. The van der Waals surface area contributed by atoms with Crippen molar-refractivity contribution >= 4 is 5.97 Å². The van der Waals surface area contributed by atoms with Crippen molar-refractivity contribution < 1.29 is 9.53 Å². The summed E-state index contributed by atoms with van der Waals surface area (Å²) in [5.74, 6) is 0.464. The van der Waals surface area contributed by atoms with Crippen molar-refractivity contribution in [3.63, 3.8) is 0 Å². The standard InChI is InChI=1S/C6H8O2.C6H12/c1-3-4-5-8-6(2)7;1-4-5-6(2)3/h3-5H,1H2,2H3;4,6H,1,5H2,2-3H3. The molecule has 0 aromatic heterocycles. The van der Waals surface area contributed by atoms with Crippen LogP contribution >= 0.6 is 0 Å². The predicted octanol–water partition coefficient (Wildman–Crippen LogP) is 3.47. The van der Waals surface area contributed by atoms with Gasteiger partial charge in [-0.05, 0) is 18.4 Å². The molecule has 0 aromatic rings. The minimum absolute atomic E-state index is 0.317. The second-order valence-electron chi connectivity index (χ2n) is 3.09. The Balaban J connectivity index is 0. The molecule has 0 unspecified atom stereocenters. The van der Waals surface area contributed by atoms with Crippen LogP contribution in [-0.2, 0) is 9.53 Å². The molecule has 0 aliphatic heterocycles. The highest BCUT2D eigenvalue weighted by atomic mass is 16.5. The van der Waals surface area contributed by atoms with Gasteiger partial charge in [0, 0.05) is 6.92 Å². The Labute approximate surface area is 87.0 Å². The molecule has 0 aromatic carbocycles. The number of hydrogen-bond acceptors (Lipinski definition) is 2. The molecule has 0 fully saturated rings. The van der Waals surface area contributed by atoms with Crippen LogP contribution in [0.15, 0.2) is 37.6 Å². The van der Waals surface area contributed by atoms with Crippen LogP contribution in [0.4, 0.5) is 0 Å². The van der Waals surface area contributed by atoms with Gasteiger partial charge in [0.1, 0.15) is 0 Å². The lowest BCUT2D eigenvalue weighted by Crippen LogP contribution is -1.88. The van der Waals surface area contributed by atoms with Crippen LogP contribution in [0.1, 0.15) is 27.2 Å². The van der Waals surface area contributed by atoms with Gasteiger partial charge in [0.2, 0.25) is 0 Å². The van der Waals surface area contributed by atoms with E-state index in [0.29, 0.717) is 0 Å². The second kappa shape index (κ2) is 11.7. The Bertz CT molecular complexity index is 190. The number of carbonyl (C=O) groups is 1. The lowest BCUT2D eigenvalue weighted by molar-refractivity contribution is -0.135. The summed E-state index contributed by atoms with van der Waals surface area (Å²) in [7, 11) is 0. The monoisotopic (exact) mass is 196 g/mol. The van der Waals surface area contributed by atoms with Gasteiger partial charge in [-0.25, -0.2) is 0 Å². The zero-order valence-corrected chi connectivity index (χ0v) is 9.32. The number of hydrogen-bond donors (Lipinski definition) is 0. The molecule has 0 saturated carbocycles. The van der Waals surface area contributed by atoms with E-state index in [2.05, 4.69) is 31.7 Å². The summed E-state index contributed by atoms with van der Waals surface area (Å²) in [6.07, 6.45) is 7.45. The Hall–Kier alpha value is -1.31. The zero-order chi connectivity index (χ0) is 11.4. The van der Waals surface area contributed by atoms with E-state index < -0.39 is 0 Å². The van der Waals surface area contributed by atoms with E-state index in [1.807, 2.05) is 6.08 Å². The van der Waals surface area contributed by atoms with E-state index in [0.717, 1.165) is 12.3 Å². The highest BCUT2D eigenvalue weighted by Gasteiger charge is 1.82. The van der Waals surface area contributed by atoms with Crippen molar-refractivity contribution in [2.24, 2.45) is 5.92 Å². The van der Waals surface area contributed by atoms with Crippen molar-refractivity contribution in [1.82, 2.24) is 0 Å². The summed E-state index contributed by atoms with van der Waals surface area (Å²) in [6.45, 7) is 12.7. The van der Waals surface area contributed by atoms with E-state index in [4.69, 9.17) is 0 Å². The molecule has 0 rings (SSSR count). The summed E-state index contributed by atoms with van der Waals surface area (Å²) in [5, 5.41) is 0. The maximum atomic E-state index is 10.0. The molecule has 0 N–H and O–H groups in total. The van der Waals surface area contributed by atoms with Crippen LogP contribution in [0.5, 0.6) is 0 Å². The molecule has 0 radical (unpaired) electrons. The largest absolute Gasteiger partial charge is 0.435 e. The molecule has 0 saturated heterocycles. The molecule has 0 bridgehead atoms. The quantitative estimate of drug-likeness (QED) is 0.298. The molecule has 2 nitrogen and oxygen atoms in total. The Kier molecular flexibility index (Phi) is 12.7. The number of rotatable bonds is 4. The van der Waals surface area contributed by atoms with E-state index in [9.17, 15) is 4.79 Å². The summed E-state index contributed by atoms with van der Waals surface area (Å²) >= 11 is 0. The summed E-state index contributed by atoms with van der Waals surface area (Å²) in [5.41, 5.74) is 0. The molecule has 2 heteroatoms. The van der Waals surface area contributed by atoms with Gasteiger partial charge in [0.15, 0.2) is 0 Å². The Morgan fingerprint density at radius 2 is 2.00 bits per heavy atom. The molecule has 0 amide bonds. The Morgan fingerprint density at radius 1 is 1.43 bits per heavy atom. The zero-order valence-electron chi connectivity index (χ0n) is 9.32. The first-order chi connectivity index (χ1) is 6.54. The number of carbonyl (C=O) groups excluding carboxylic acids is 1. The van der Waals surface area contributed by atoms with Gasteiger partial charge in [-0.15, -0.1) is 6.58 Å². The first-order valence-electron chi connectivity index (χ1n) is 4.60. The van der Waals surface area contributed by atoms with Gasteiger partial charge >= 0.3 is 5.97 Å². The van der Waals surface area contributed by atoms with Crippen LogP contribution in [0.3, 0.4) is 0 Å². The maximum absolute atomic E-state index is 10.0. The van der Waals surface area contributed by atoms with Crippen LogP contribution < -0.4 is 0 Å². The topological polar surface area (TPSA) is 26.3 Å². The average molecular weight is 196 g/mol. The summed E-state index contributed by atoms with van der Waals surface area (Å²) < 4.78 is 4.39. The van der Waals surface area contributed by atoms with Gasteiger partial charge < -0.3 is 4.74 Å². The average Bonchev–Trinajstić information content (AvgIpc) is 2.05. The minimum Gasteiger partial charge on any atom is -0.435 e. The first-order valence-corrected chi connectivity index (χ1v) is 4.60. The van der Waals surface area contributed by atoms with E-state index in [1.165, 1.54) is 19.3 Å². The number of esters is 1. The van der Waals surface area contributed by atoms with Crippen molar-refractivity contribution in [3.05, 3.63) is 37.6 Å². The fraction of sp³-hybridized carbons (Fsp3) is 0.417. The lowest BCUT2D eigenvalue weighted by atomic mass is 10.1. The molecule has 0 aliphatic carbocycles. The van der Waals surface area contributed by atoms with E-state index >= 15 is 0 Å². The van der Waals surface area contributed by atoms with E-state index in [-0.39, 0.29) is 5.97 Å². The second-order valence-corrected chi connectivity index (χ2v) is 3.09. The van der Waals surface area contributed by atoms with Gasteiger partial charge in [-0.2, -0.15) is 0 Å². The van der Waals surface area contributed by atoms with Crippen LogP contribution in [-0.4, -0.2) is 5.97 Å². The lowest BCUT2D eigenvalue weighted by Gasteiger charge is -1.92. The normalized spacial score (nSPS) is 9.14. The fourth-order valence-corrected chi connectivity index (χ4v) is 0.524. The van der Waals surface area contributed by atoms with Crippen molar-refractivity contribution in [1.29, 1.82) is 0 Å². The van der Waals surface area contributed by atoms with Crippen molar-refractivity contribution in [2.45, 2.75) is 27.2 Å². The third-order valence-corrected chi connectivity index (χ3v) is 1.09. The SMILES string of the molecule is C=CC=COC(C)=O.C=CCC(C)C. The molecule has 14 heavy (non-hydrogen) atoms.